The average molecular weight is 398 g/mol. The molecule has 156 valence electrons. The maximum Gasteiger partial charge on any atom is 0.207 e. The third-order valence-electron chi connectivity index (χ3n) is 5.09. The van der Waals surface area contributed by atoms with Crippen molar-refractivity contribution in [2.24, 2.45) is 0 Å². The molecule has 7 heteroatoms. The summed E-state index contributed by atoms with van der Waals surface area (Å²) in [6.45, 7) is 5.34. The van der Waals surface area contributed by atoms with Gasteiger partial charge in [-0.15, -0.1) is 0 Å². The zero-order valence-electron chi connectivity index (χ0n) is 17.1. The molecule has 0 saturated carbocycles. The molecule has 1 fully saturated rings. The second-order valence-corrected chi connectivity index (χ2v) is 7.06. The van der Waals surface area contributed by atoms with E-state index in [9.17, 15) is 4.79 Å². The fraction of sp³-hybridized carbons (Fsp3) is 0.455. The van der Waals surface area contributed by atoms with Crippen molar-refractivity contribution in [2.75, 3.05) is 62.0 Å². The fourth-order valence-electron chi connectivity index (χ4n) is 3.43. The maximum absolute atomic E-state index is 10.1. The van der Waals surface area contributed by atoms with Gasteiger partial charge in [-0.25, -0.2) is 4.98 Å². The van der Waals surface area contributed by atoms with Crippen LogP contribution < -0.4 is 20.9 Å². The fourth-order valence-corrected chi connectivity index (χ4v) is 3.43. The van der Waals surface area contributed by atoms with E-state index in [-0.39, 0.29) is 0 Å². The first-order valence-electron chi connectivity index (χ1n) is 10.3. The van der Waals surface area contributed by atoms with Gasteiger partial charge >= 0.3 is 0 Å². The molecule has 0 bridgehead atoms. The summed E-state index contributed by atoms with van der Waals surface area (Å²) in [6, 6.07) is 12.7. The molecule has 4 rings (SSSR count). The number of nitrogens with zero attached hydrogens (tertiary/aromatic N) is 2. The van der Waals surface area contributed by atoms with Crippen LogP contribution in [0.25, 0.3) is 0 Å². The van der Waals surface area contributed by atoms with Crippen molar-refractivity contribution in [3.05, 3.63) is 47.7 Å². The van der Waals surface area contributed by atoms with E-state index in [1.807, 2.05) is 13.1 Å². The number of aryl methyl sites for hydroxylation is 1. The predicted molar refractivity (Wildman–Crippen MR) is 118 cm³/mol. The summed E-state index contributed by atoms with van der Waals surface area (Å²) in [4.78, 5) is 17.0. The van der Waals surface area contributed by atoms with E-state index in [0.29, 0.717) is 6.54 Å². The van der Waals surface area contributed by atoms with Crippen LogP contribution in [-0.4, -0.2) is 57.8 Å². The minimum atomic E-state index is 0.648. The first kappa shape index (κ1) is 20.9. The van der Waals surface area contributed by atoms with E-state index < -0.39 is 0 Å². The molecule has 3 N–H and O–H groups in total. The molecule has 0 unspecified atom stereocenters. The number of ether oxygens (including phenoxy) is 1. The molecule has 7 nitrogen and oxygen atoms in total. The molecule has 2 aliphatic heterocycles. The van der Waals surface area contributed by atoms with E-state index in [0.717, 1.165) is 69.3 Å². The van der Waals surface area contributed by atoms with Crippen LogP contribution >= 0.6 is 0 Å². The number of benzene rings is 1. The lowest BCUT2D eigenvalue weighted by molar-refractivity contribution is -0.109. The Kier molecular flexibility index (Phi) is 8.12. The molecule has 1 saturated heterocycles. The van der Waals surface area contributed by atoms with E-state index in [1.54, 1.807) is 0 Å². The molecule has 0 radical (unpaired) electrons. The summed E-state index contributed by atoms with van der Waals surface area (Å²) in [5.74, 6) is 1.02. The number of hydrogen-bond acceptors (Lipinski definition) is 6. The molecule has 1 amide bonds. The zero-order valence-corrected chi connectivity index (χ0v) is 17.1. The first-order valence-corrected chi connectivity index (χ1v) is 10.3. The number of anilines is 3. The van der Waals surface area contributed by atoms with E-state index in [4.69, 9.17) is 4.74 Å². The van der Waals surface area contributed by atoms with Crippen LogP contribution in [0, 0.1) is 0 Å². The number of fused-ring (bicyclic) bond motifs is 1. The summed E-state index contributed by atoms with van der Waals surface area (Å²) in [6.07, 6.45) is 3.80. The van der Waals surface area contributed by atoms with Gasteiger partial charge in [0.15, 0.2) is 0 Å². The highest BCUT2D eigenvalue weighted by Gasteiger charge is 2.11. The SMILES string of the molecule is CNc1ccc(N2CCOCC2)cc1.O=CNCCc1ccc2c(n1)NCCC2. The van der Waals surface area contributed by atoms with Gasteiger partial charge in [0.1, 0.15) is 5.82 Å². The molecule has 0 atom stereocenters. The molecule has 2 aliphatic rings. The van der Waals surface area contributed by atoms with Gasteiger partial charge in [0.2, 0.25) is 6.41 Å². The maximum atomic E-state index is 10.1. The van der Waals surface area contributed by atoms with Crippen LogP contribution in [0.2, 0.25) is 0 Å². The van der Waals surface area contributed by atoms with Gasteiger partial charge in [0, 0.05) is 56.7 Å². The summed E-state index contributed by atoms with van der Waals surface area (Å²) in [7, 11) is 1.93. The number of carbonyl (C=O) groups excluding carboxylic acids is 1. The van der Waals surface area contributed by atoms with Crippen LogP contribution in [-0.2, 0) is 22.4 Å². The van der Waals surface area contributed by atoms with Gasteiger partial charge in [0.05, 0.1) is 13.2 Å². The molecule has 3 heterocycles. The lowest BCUT2D eigenvalue weighted by atomic mass is 10.1. The molecular weight excluding hydrogens is 366 g/mol. The number of morpholine rings is 1. The van der Waals surface area contributed by atoms with Gasteiger partial charge in [0.25, 0.3) is 0 Å². The van der Waals surface area contributed by atoms with Crippen molar-refractivity contribution in [1.82, 2.24) is 10.3 Å². The van der Waals surface area contributed by atoms with Crippen molar-refractivity contribution in [3.63, 3.8) is 0 Å². The van der Waals surface area contributed by atoms with Gasteiger partial charge < -0.3 is 25.6 Å². The largest absolute Gasteiger partial charge is 0.388 e. The number of hydrogen-bond donors (Lipinski definition) is 3. The Morgan fingerprint density at radius 3 is 2.69 bits per heavy atom. The van der Waals surface area contributed by atoms with Gasteiger partial charge in [-0.1, -0.05) is 6.07 Å². The van der Waals surface area contributed by atoms with Crippen molar-refractivity contribution in [1.29, 1.82) is 0 Å². The number of pyridine rings is 1. The van der Waals surface area contributed by atoms with Gasteiger partial charge in [-0.2, -0.15) is 0 Å². The highest BCUT2D eigenvalue weighted by atomic mass is 16.5. The number of amides is 1. The van der Waals surface area contributed by atoms with E-state index in [2.05, 4.69) is 56.2 Å². The Bertz CT molecular complexity index is 760. The molecule has 0 spiro atoms. The monoisotopic (exact) mass is 397 g/mol. The summed E-state index contributed by atoms with van der Waals surface area (Å²) in [5.41, 5.74) is 4.76. The van der Waals surface area contributed by atoms with Crippen LogP contribution in [0.5, 0.6) is 0 Å². The van der Waals surface area contributed by atoms with Crippen molar-refractivity contribution < 1.29 is 9.53 Å². The first-order chi connectivity index (χ1) is 14.3. The Labute approximate surface area is 172 Å². The quantitative estimate of drug-likeness (QED) is 0.513. The van der Waals surface area contributed by atoms with E-state index >= 15 is 0 Å². The molecular formula is C22H31N5O2. The normalized spacial score (nSPS) is 15.3. The number of aromatic nitrogens is 1. The second-order valence-electron chi connectivity index (χ2n) is 7.06. The smallest absolute Gasteiger partial charge is 0.207 e. The Morgan fingerprint density at radius 1 is 1.17 bits per heavy atom. The lowest BCUT2D eigenvalue weighted by Crippen LogP contribution is -2.36. The van der Waals surface area contributed by atoms with Crippen LogP contribution in [0.15, 0.2) is 36.4 Å². The van der Waals surface area contributed by atoms with Gasteiger partial charge in [-0.3, -0.25) is 4.79 Å². The standard InChI is InChI=1S/C11H15N3O.C11H16N2O/c15-8-12-7-5-10-4-3-9-2-1-6-13-11(9)14-10;1-12-10-2-4-11(5-3-10)13-6-8-14-9-7-13/h3-4,8H,1-2,5-7H2,(H,12,15)(H,13,14);2-5,12H,6-9H2,1H3. The Balaban J connectivity index is 0.000000166. The van der Waals surface area contributed by atoms with Crippen LogP contribution in [0.1, 0.15) is 17.7 Å². The topological polar surface area (TPSA) is 78.5 Å². The van der Waals surface area contributed by atoms with E-state index in [1.165, 1.54) is 17.7 Å². The minimum Gasteiger partial charge on any atom is -0.388 e. The van der Waals surface area contributed by atoms with Gasteiger partial charge in [-0.05, 0) is 48.7 Å². The molecule has 29 heavy (non-hydrogen) atoms. The molecule has 0 aliphatic carbocycles. The molecule has 1 aromatic heterocycles. The zero-order chi connectivity index (χ0) is 20.3. The summed E-state index contributed by atoms with van der Waals surface area (Å²) >= 11 is 0. The minimum absolute atomic E-state index is 0.648. The van der Waals surface area contributed by atoms with Crippen molar-refractivity contribution >= 4 is 23.6 Å². The van der Waals surface area contributed by atoms with Crippen molar-refractivity contribution in [2.45, 2.75) is 19.3 Å². The molecule has 2 aromatic rings. The second kappa shape index (κ2) is 11.3. The number of nitrogens with one attached hydrogen (secondary N) is 3. The Hall–Kier alpha value is -2.80. The molecule has 1 aromatic carbocycles. The number of rotatable bonds is 6. The lowest BCUT2D eigenvalue weighted by Gasteiger charge is -2.28. The van der Waals surface area contributed by atoms with Crippen LogP contribution in [0.4, 0.5) is 17.2 Å². The van der Waals surface area contributed by atoms with Crippen molar-refractivity contribution in [3.8, 4) is 0 Å². The van der Waals surface area contributed by atoms with Crippen LogP contribution in [0.3, 0.4) is 0 Å². The number of carbonyl (C=O) groups is 1. The average Bonchev–Trinajstić information content (AvgIpc) is 2.80. The highest BCUT2D eigenvalue weighted by Crippen LogP contribution is 2.20. The highest BCUT2D eigenvalue weighted by molar-refractivity contribution is 5.55. The summed E-state index contributed by atoms with van der Waals surface area (Å²) < 4.78 is 5.31. The summed E-state index contributed by atoms with van der Waals surface area (Å²) in [5, 5.41) is 9.04. The predicted octanol–water partition coefficient (Wildman–Crippen LogP) is 2.29. The Morgan fingerprint density at radius 2 is 1.97 bits per heavy atom. The third-order valence-corrected chi connectivity index (χ3v) is 5.09. The third kappa shape index (κ3) is 6.35.